The van der Waals surface area contributed by atoms with Crippen LogP contribution in [0.25, 0.3) is 0 Å². The molecular formula is C16H15N3O4. The molecule has 2 amide bonds. The Morgan fingerprint density at radius 2 is 2.13 bits per heavy atom. The van der Waals surface area contributed by atoms with Crippen molar-refractivity contribution in [3.8, 4) is 5.75 Å². The first-order chi connectivity index (χ1) is 11.0. The summed E-state index contributed by atoms with van der Waals surface area (Å²) < 4.78 is 10.8. The number of hydrogen-bond donors (Lipinski definition) is 1. The van der Waals surface area contributed by atoms with Crippen LogP contribution in [-0.4, -0.2) is 30.6 Å². The molecule has 1 unspecified atom stereocenters. The first-order valence-electron chi connectivity index (χ1n) is 7.33. The third kappa shape index (κ3) is 2.16. The smallest absolute Gasteiger partial charge is 0.264 e. The minimum Gasteiger partial charge on any atom is -0.481 e. The molecule has 118 valence electrons. The van der Waals surface area contributed by atoms with E-state index < -0.39 is 0 Å². The van der Waals surface area contributed by atoms with E-state index >= 15 is 0 Å². The number of hydrogen-bond acceptors (Lipinski definition) is 5. The standard InChI is InChI=1S/C16H15N3O4/c1-8-3-13(23-18-8)10-5-15(20)17-11-6-14-12(4-9(10)11)19(2)16(21)7-22-14/h3-4,6,10H,5,7H2,1-2H3,(H,17,20). The molecule has 23 heavy (non-hydrogen) atoms. The molecule has 7 nitrogen and oxygen atoms in total. The van der Waals surface area contributed by atoms with Gasteiger partial charge in [0.2, 0.25) is 5.91 Å². The summed E-state index contributed by atoms with van der Waals surface area (Å²) in [6, 6.07) is 5.47. The van der Waals surface area contributed by atoms with Crippen LogP contribution in [0.5, 0.6) is 5.75 Å². The molecule has 0 saturated carbocycles. The van der Waals surface area contributed by atoms with Gasteiger partial charge in [-0.15, -0.1) is 0 Å². The summed E-state index contributed by atoms with van der Waals surface area (Å²) in [6.07, 6.45) is 0.277. The molecule has 0 radical (unpaired) electrons. The number of aryl methyl sites for hydroxylation is 1. The molecule has 4 rings (SSSR count). The Labute approximate surface area is 132 Å². The molecule has 2 aliphatic rings. The van der Waals surface area contributed by atoms with Gasteiger partial charge in [-0.3, -0.25) is 9.59 Å². The fourth-order valence-electron chi connectivity index (χ4n) is 3.03. The lowest BCUT2D eigenvalue weighted by molar-refractivity contribution is -0.121. The highest BCUT2D eigenvalue weighted by atomic mass is 16.5. The van der Waals surface area contributed by atoms with Crippen molar-refractivity contribution >= 4 is 23.2 Å². The lowest BCUT2D eigenvalue weighted by atomic mass is 9.87. The van der Waals surface area contributed by atoms with Crippen molar-refractivity contribution in [3.63, 3.8) is 0 Å². The summed E-state index contributed by atoms with van der Waals surface area (Å²) in [5.41, 5.74) is 3.03. The highest BCUT2D eigenvalue weighted by molar-refractivity contribution is 6.00. The molecule has 1 aromatic carbocycles. The summed E-state index contributed by atoms with van der Waals surface area (Å²) in [4.78, 5) is 25.4. The molecule has 1 aromatic heterocycles. The lowest BCUT2D eigenvalue weighted by Crippen LogP contribution is -2.36. The molecule has 7 heteroatoms. The van der Waals surface area contributed by atoms with Crippen LogP contribution in [0.2, 0.25) is 0 Å². The summed E-state index contributed by atoms with van der Waals surface area (Å²) >= 11 is 0. The molecule has 0 bridgehead atoms. The predicted molar refractivity (Wildman–Crippen MR) is 81.7 cm³/mol. The Morgan fingerprint density at radius 3 is 2.87 bits per heavy atom. The van der Waals surface area contributed by atoms with Crippen molar-refractivity contribution in [3.05, 3.63) is 35.2 Å². The van der Waals surface area contributed by atoms with Gasteiger partial charge in [0.25, 0.3) is 5.91 Å². The number of ether oxygens (including phenoxy) is 1. The summed E-state index contributed by atoms with van der Waals surface area (Å²) in [5.74, 6) is 0.807. The maximum atomic E-state index is 12.0. The van der Waals surface area contributed by atoms with Crippen LogP contribution in [0.15, 0.2) is 22.7 Å². The topological polar surface area (TPSA) is 84.7 Å². The quantitative estimate of drug-likeness (QED) is 0.868. The van der Waals surface area contributed by atoms with Gasteiger partial charge in [0, 0.05) is 31.3 Å². The van der Waals surface area contributed by atoms with E-state index in [0.717, 1.165) is 11.3 Å². The Bertz CT molecular complexity index is 827. The zero-order valence-electron chi connectivity index (χ0n) is 12.8. The summed E-state index contributed by atoms with van der Waals surface area (Å²) in [5, 5.41) is 6.77. The minimum atomic E-state index is -0.226. The van der Waals surface area contributed by atoms with Crippen molar-refractivity contribution in [2.24, 2.45) is 0 Å². The maximum absolute atomic E-state index is 12.0. The van der Waals surface area contributed by atoms with Crippen molar-refractivity contribution < 1.29 is 18.8 Å². The Morgan fingerprint density at radius 1 is 1.30 bits per heavy atom. The number of carbonyl (C=O) groups is 2. The minimum absolute atomic E-state index is 0.000953. The van der Waals surface area contributed by atoms with Crippen molar-refractivity contribution in [1.29, 1.82) is 0 Å². The zero-order valence-corrected chi connectivity index (χ0v) is 12.8. The van der Waals surface area contributed by atoms with Gasteiger partial charge in [-0.25, -0.2) is 0 Å². The average Bonchev–Trinajstić information content (AvgIpc) is 2.95. The van der Waals surface area contributed by atoms with Gasteiger partial charge in [-0.1, -0.05) is 5.16 Å². The third-order valence-corrected chi connectivity index (χ3v) is 4.25. The van der Waals surface area contributed by atoms with Gasteiger partial charge in [-0.05, 0) is 18.6 Å². The number of anilines is 2. The van der Waals surface area contributed by atoms with Crippen LogP contribution in [-0.2, 0) is 9.59 Å². The van der Waals surface area contributed by atoms with Gasteiger partial charge in [0.05, 0.1) is 17.3 Å². The molecule has 0 spiro atoms. The second-order valence-corrected chi connectivity index (χ2v) is 5.82. The molecular weight excluding hydrogens is 298 g/mol. The summed E-state index contributed by atoms with van der Waals surface area (Å²) in [6.45, 7) is 1.84. The van der Waals surface area contributed by atoms with E-state index in [1.807, 2.05) is 19.1 Å². The van der Waals surface area contributed by atoms with E-state index in [2.05, 4.69) is 10.5 Å². The molecule has 0 fully saturated rings. The van der Waals surface area contributed by atoms with Crippen LogP contribution in [0.1, 0.15) is 29.4 Å². The second-order valence-electron chi connectivity index (χ2n) is 5.82. The third-order valence-electron chi connectivity index (χ3n) is 4.25. The van der Waals surface area contributed by atoms with E-state index in [4.69, 9.17) is 9.26 Å². The molecule has 1 atom stereocenters. The number of carbonyl (C=O) groups excluding carboxylic acids is 2. The van der Waals surface area contributed by atoms with Crippen LogP contribution < -0.4 is 15.0 Å². The molecule has 3 heterocycles. The van der Waals surface area contributed by atoms with Crippen LogP contribution in [0.4, 0.5) is 11.4 Å². The SMILES string of the molecule is Cc1cc(C2CC(=O)Nc3cc4c(cc32)N(C)C(=O)CO4)on1. The molecule has 1 N–H and O–H groups in total. The van der Waals surface area contributed by atoms with E-state index in [9.17, 15) is 9.59 Å². The average molecular weight is 313 g/mol. The highest BCUT2D eigenvalue weighted by Gasteiger charge is 2.33. The van der Waals surface area contributed by atoms with E-state index in [1.54, 1.807) is 18.0 Å². The largest absolute Gasteiger partial charge is 0.481 e. The van der Waals surface area contributed by atoms with Crippen LogP contribution >= 0.6 is 0 Å². The number of aromatic nitrogens is 1. The van der Waals surface area contributed by atoms with Gasteiger partial charge in [0.15, 0.2) is 6.61 Å². The fourth-order valence-corrected chi connectivity index (χ4v) is 3.03. The molecule has 2 aromatic rings. The number of rotatable bonds is 1. The summed E-state index contributed by atoms with van der Waals surface area (Å²) in [7, 11) is 1.71. The van der Waals surface area contributed by atoms with Gasteiger partial charge in [0.1, 0.15) is 11.5 Å². The van der Waals surface area contributed by atoms with Crippen LogP contribution in [0, 0.1) is 6.92 Å². The van der Waals surface area contributed by atoms with E-state index in [-0.39, 0.29) is 30.8 Å². The Hall–Kier alpha value is -2.83. The van der Waals surface area contributed by atoms with Crippen LogP contribution in [0.3, 0.4) is 0 Å². The number of likely N-dealkylation sites (N-methyl/N-ethyl adjacent to an activating group) is 1. The lowest BCUT2D eigenvalue weighted by Gasteiger charge is -2.30. The first-order valence-corrected chi connectivity index (χ1v) is 7.33. The number of benzene rings is 1. The van der Waals surface area contributed by atoms with E-state index in [0.29, 0.717) is 22.9 Å². The first kappa shape index (κ1) is 13.8. The van der Waals surface area contributed by atoms with Crippen molar-refractivity contribution in [1.82, 2.24) is 5.16 Å². The van der Waals surface area contributed by atoms with Crippen molar-refractivity contribution in [2.75, 3.05) is 23.9 Å². The van der Waals surface area contributed by atoms with E-state index in [1.165, 1.54) is 0 Å². The van der Waals surface area contributed by atoms with Gasteiger partial charge < -0.3 is 19.5 Å². The number of nitrogens with zero attached hydrogens (tertiary/aromatic N) is 2. The normalized spacial score (nSPS) is 19.7. The monoisotopic (exact) mass is 313 g/mol. The maximum Gasteiger partial charge on any atom is 0.264 e. The molecule has 0 aliphatic carbocycles. The van der Waals surface area contributed by atoms with Gasteiger partial charge >= 0.3 is 0 Å². The zero-order chi connectivity index (χ0) is 16.1. The highest BCUT2D eigenvalue weighted by Crippen LogP contribution is 2.44. The number of fused-ring (bicyclic) bond motifs is 2. The molecule has 2 aliphatic heterocycles. The van der Waals surface area contributed by atoms with Crippen molar-refractivity contribution in [2.45, 2.75) is 19.3 Å². The Kier molecular flexibility index (Phi) is 2.90. The van der Waals surface area contributed by atoms with Gasteiger partial charge in [-0.2, -0.15) is 0 Å². The fraction of sp³-hybridized carbons (Fsp3) is 0.312. The second kappa shape index (κ2) is 4.84. The molecule has 0 saturated heterocycles. The Balaban J connectivity index is 1.86. The predicted octanol–water partition coefficient (Wildman–Crippen LogP) is 1.81. The number of amides is 2. The number of nitrogens with one attached hydrogen (secondary N) is 1.